The average Bonchev–Trinajstić information content (AvgIpc) is 2.57. The lowest BCUT2D eigenvalue weighted by Crippen LogP contribution is -2.12. The lowest BCUT2D eigenvalue weighted by atomic mass is 10.0. The molecular formula is C17H12BrF6NO2. The Hall–Kier alpha value is -2.10. The lowest BCUT2D eigenvalue weighted by Gasteiger charge is -2.15. The van der Waals surface area contributed by atoms with Crippen LogP contribution in [0.5, 0.6) is 0 Å². The van der Waals surface area contributed by atoms with Crippen LogP contribution in [0.2, 0.25) is 0 Å². The highest BCUT2D eigenvalue weighted by Crippen LogP contribution is 2.35. The first kappa shape index (κ1) is 21.2. The summed E-state index contributed by atoms with van der Waals surface area (Å²) in [5.41, 5.74) is -2.08. The number of hydrogen-bond donors (Lipinski definition) is 0. The Morgan fingerprint density at radius 3 is 2.15 bits per heavy atom. The van der Waals surface area contributed by atoms with Crippen molar-refractivity contribution >= 4 is 21.9 Å². The Labute approximate surface area is 158 Å². The molecule has 0 N–H and O–H groups in total. The summed E-state index contributed by atoms with van der Waals surface area (Å²) < 4.78 is 82.2. The zero-order valence-electron chi connectivity index (χ0n) is 13.7. The molecule has 1 heterocycles. The van der Waals surface area contributed by atoms with Gasteiger partial charge in [-0.15, -0.1) is 0 Å². The molecule has 0 aliphatic carbocycles. The molecule has 27 heavy (non-hydrogen) atoms. The van der Waals surface area contributed by atoms with Crippen LogP contribution in [0, 0.1) is 0 Å². The maximum Gasteiger partial charge on any atom is 0.433 e. The van der Waals surface area contributed by atoms with Gasteiger partial charge in [0.25, 0.3) is 0 Å². The largest absolute Gasteiger partial charge is 0.464 e. The van der Waals surface area contributed by atoms with Crippen molar-refractivity contribution in [3.8, 4) is 11.3 Å². The number of aromatic nitrogens is 1. The van der Waals surface area contributed by atoms with Gasteiger partial charge in [0.05, 0.1) is 16.1 Å². The van der Waals surface area contributed by atoms with Crippen LogP contribution in [0.25, 0.3) is 11.3 Å². The van der Waals surface area contributed by atoms with Crippen LogP contribution < -0.4 is 0 Å². The third kappa shape index (κ3) is 5.69. The average molecular weight is 456 g/mol. The molecular weight excluding hydrogens is 444 g/mol. The molecule has 0 aliphatic heterocycles. The summed E-state index contributed by atoms with van der Waals surface area (Å²) >= 11 is 3.14. The molecule has 0 aliphatic rings. The molecule has 0 spiro atoms. The number of carbonyl (C=O) groups is 1. The highest BCUT2D eigenvalue weighted by atomic mass is 79.9. The van der Waals surface area contributed by atoms with Gasteiger partial charge in [-0.2, -0.15) is 26.3 Å². The SMILES string of the molecule is CC(=O)OC[C@H](Br)c1cc(-c2ccc(C(F)(F)F)cc2)nc(C(F)(F)F)c1. The first-order valence-corrected chi connectivity index (χ1v) is 8.33. The molecule has 1 atom stereocenters. The summed E-state index contributed by atoms with van der Waals surface area (Å²) in [6, 6.07) is 5.70. The van der Waals surface area contributed by atoms with Crippen molar-refractivity contribution in [2.24, 2.45) is 0 Å². The van der Waals surface area contributed by atoms with Gasteiger partial charge < -0.3 is 4.74 Å². The van der Waals surface area contributed by atoms with Crippen molar-refractivity contribution in [1.29, 1.82) is 0 Å². The van der Waals surface area contributed by atoms with Crippen molar-refractivity contribution < 1.29 is 35.9 Å². The van der Waals surface area contributed by atoms with Crippen LogP contribution in [0.4, 0.5) is 26.3 Å². The minimum Gasteiger partial charge on any atom is -0.464 e. The van der Waals surface area contributed by atoms with Crippen LogP contribution in [0.1, 0.15) is 28.6 Å². The zero-order valence-corrected chi connectivity index (χ0v) is 15.2. The van der Waals surface area contributed by atoms with Crippen molar-refractivity contribution in [1.82, 2.24) is 4.98 Å². The van der Waals surface area contributed by atoms with E-state index in [4.69, 9.17) is 4.74 Å². The molecule has 0 bridgehead atoms. The highest BCUT2D eigenvalue weighted by molar-refractivity contribution is 9.09. The van der Waals surface area contributed by atoms with E-state index in [-0.39, 0.29) is 23.4 Å². The molecule has 2 aromatic rings. The van der Waals surface area contributed by atoms with Crippen LogP contribution in [0.15, 0.2) is 36.4 Å². The molecule has 0 saturated heterocycles. The van der Waals surface area contributed by atoms with E-state index in [1.54, 1.807) is 0 Å². The maximum absolute atomic E-state index is 13.1. The van der Waals surface area contributed by atoms with E-state index in [9.17, 15) is 31.1 Å². The minimum atomic E-state index is -4.76. The van der Waals surface area contributed by atoms with Crippen LogP contribution >= 0.6 is 15.9 Å². The third-order valence-corrected chi connectivity index (χ3v) is 4.23. The van der Waals surface area contributed by atoms with Crippen molar-refractivity contribution in [2.45, 2.75) is 24.1 Å². The molecule has 146 valence electrons. The first-order valence-electron chi connectivity index (χ1n) is 7.42. The lowest BCUT2D eigenvalue weighted by molar-refractivity contribution is -0.142. The Kier molecular flexibility index (Phi) is 6.18. The molecule has 10 heteroatoms. The molecule has 0 fully saturated rings. The summed E-state index contributed by atoms with van der Waals surface area (Å²) in [5, 5.41) is 0. The Bertz CT molecular complexity index is 818. The molecule has 0 amide bonds. The molecule has 3 nitrogen and oxygen atoms in total. The normalized spacial score (nSPS) is 13.3. The van der Waals surface area contributed by atoms with E-state index in [0.717, 1.165) is 37.3 Å². The Morgan fingerprint density at radius 1 is 1.07 bits per heavy atom. The Balaban J connectivity index is 2.46. The number of benzene rings is 1. The van der Waals surface area contributed by atoms with Gasteiger partial charge >= 0.3 is 18.3 Å². The smallest absolute Gasteiger partial charge is 0.433 e. The maximum atomic E-state index is 13.1. The summed E-state index contributed by atoms with van der Waals surface area (Å²) in [6.45, 7) is 0.935. The molecule has 1 aromatic carbocycles. The zero-order chi connectivity index (χ0) is 20.4. The summed E-state index contributed by atoms with van der Waals surface area (Å²) in [4.78, 5) is 13.6. The van der Waals surface area contributed by atoms with Gasteiger partial charge in [-0.25, -0.2) is 4.98 Å². The van der Waals surface area contributed by atoms with Crippen molar-refractivity contribution in [3.05, 3.63) is 53.2 Å². The number of ether oxygens (including phenoxy) is 1. The number of rotatable bonds is 4. The van der Waals surface area contributed by atoms with Crippen molar-refractivity contribution in [2.75, 3.05) is 6.61 Å². The fourth-order valence-electron chi connectivity index (χ4n) is 2.14. The molecule has 0 radical (unpaired) electrons. The number of pyridine rings is 1. The van der Waals surface area contributed by atoms with E-state index in [1.807, 2.05) is 0 Å². The topological polar surface area (TPSA) is 39.2 Å². The summed E-state index contributed by atoms with van der Waals surface area (Å²) in [5.74, 6) is -0.604. The molecule has 2 rings (SSSR count). The van der Waals surface area contributed by atoms with E-state index in [2.05, 4.69) is 20.9 Å². The van der Waals surface area contributed by atoms with Crippen LogP contribution in [-0.2, 0) is 21.9 Å². The number of halogens is 7. The fraction of sp³-hybridized carbons (Fsp3) is 0.294. The molecule has 1 aromatic heterocycles. The predicted octanol–water partition coefficient (Wildman–Crippen LogP) is 5.79. The van der Waals surface area contributed by atoms with E-state index >= 15 is 0 Å². The van der Waals surface area contributed by atoms with Gasteiger partial charge in [0.1, 0.15) is 12.3 Å². The second-order valence-electron chi connectivity index (χ2n) is 5.51. The molecule has 0 saturated carbocycles. The number of alkyl halides is 7. The van der Waals surface area contributed by atoms with Gasteiger partial charge in [0.2, 0.25) is 0 Å². The first-order chi connectivity index (χ1) is 12.4. The quantitative estimate of drug-likeness (QED) is 0.333. The number of hydrogen-bond acceptors (Lipinski definition) is 3. The van der Waals surface area contributed by atoms with E-state index in [1.165, 1.54) is 6.07 Å². The second-order valence-corrected chi connectivity index (χ2v) is 6.62. The predicted molar refractivity (Wildman–Crippen MR) is 88.0 cm³/mol. The van der Waals surface area contributed by atoms with Gasteiger partial charge in [-0.05, 0) is 29.8 Å². The van der Waals surface area contributed by atoms with E-state index < -0.39 is 34.4 Å². The van der Waals surface area contributed by atoms with Gasteiger partial charge in [-0.1, -0.05) is 28.1 Å². The van der Waals surface area contributed by atoms with E-state index in [0.29, 0.717) is 0 Å². The highest BCUT2D eigenvalue weighted by Gasteiger charge is 2.34. The summed E-state index contributed by atoms with van der Waals surface area (Å²) in [6.07, 6.45) is -9.32. The number of nitrogens with zero attached hydrogens (tertiary/aromatic N) is 1. The van der Waals surface area contributed by atoms with Gasteiger partial charge in [0.15, 0.2) is 0 Å². The van der Waals surface area contributed by atoms with Crippen LogP contribution in [-0.4, -0.2) is 17.6 Å². The van der Waals surface area contributed by atoms with Gasteiger partial charge in [-0.3, -0.25) is 4.79 Å². The number of carbonyl (C=O) groups excluding carboxylic acids is 1. The standard InChI is InChI=1S/C17H12BrF6NO2/c1-9(26)27-8-13(18)11-6-14(25-15(7-11)17(22,23)24)10-2-4-12(5-3-10)16(19,20)21/h2-7,13H,8H2,1H3/t13-/m0/s1. The monoisotopic (exact) mass is 455 g/mol. The summed E-state index contributed by atoms with van der Waals surface area (Å²) in [7, 11) is 0. The van der Waals surface area contributed by atoms with Gasteiger partial charge in [0, 0.05) is 12.5 Å². The second kappa shape index (κ2) is 7.87. The Morgan fingerprint density at radius 2 is 1.67 bits per heavy atom. The van der Waals surface area contributed by atoms with Crippen LogP contribution in [0.3, 0.4) is 0 Å². The molecule has 0 unspecified atom stereocenters. The fourth-order valence-corrected chi connectivity index (χ4v) is 2.54. The third-order valence-electron chi connectivity index (χ3n) is 3.44. The minimum absolute atomic E-state index is 0.0857. The van der Waals surface area contributed by atoms with Crippen molar-refractivity contribution in [3.63, 3.8) is 0 Å². The number of esters is 1.